The maximum atomic E-state index is 12.0. The number of hydrogen-bond acceptors (Lipinski definition) is 7. The second kappa shape index (κ2) is 7.84. The van der Waals surface area contributed by atoms with Gasteiger partial charge in [-0.15, -0.1) is 10.2 Å². The minimum Gasteiger partial charge on any atom is -0.334 e. The van der Waals surface area contributed by atoms with Crippen molar-refractivity contribution < 1.29 is 4.79 Å². The van der Waals surface area contributed by atoms with Gasteiger partial charge in [0.2, 0.25) is 11.1 Å². The quantitative estimate of drug-likeness (QED) is 0.343. The van der Waals surface area contributed by atoms with Crippen molar-refractivity contribution in [2.45, 2.75) is 31.3 Å². The third-order valence-corrected chi connectivity index (χ3v) is 4.44. The molecule has 9 heteroatoms. The van der Waals surface area contributed by atoms with E-state index in [9.17, 15) is 4.79 Å². The van der Waals surface area contributed by atoms with Crippen LogP contribution in [0.5, 0.6) is 0 Å². The van der Waals surface area contributed by atoms with E-state index in [-0.39, 0.29) is 17.6 Å². The van der Waals surface area contributed by atoms with Crippen LogP contribution in [0.2, 0.25) is 0 Å². The van der Waals surface area contributed by atoms with Crippen LogP contribution >= 0.6 is 11.8 Å². The number of nitrogens with zero attached hydrogens (tertiary/aromatic N) is 3. The maximum Gasteiger partial charge on any atom is 0.258 e. The molecular formula is C14H21N7OS. The average Bonchev–Trinajstić information content (AvgIpc) is 2.93. The summed E-state index contributed by atoms with van der Waals surface area (Å²) < 4.78 is 1.19. The van der Waals surface area contributed by atoms with Gasteiger partial charge in [0.25, 0.3) is 5.95 Å². The lowest BCUT2D eigenvalue weighted by atomic mass is 9.99. The molecule has 1 heterocycles. The van der Waals surface area contributed by atoms with Gasteiger partial charge in [-0.3, -0.25) is 10.2 Å². The van der Waals surface area contributed by atoms with Crippen LogP contribution in [0.1, 0.15) is 31.7 Å². The van der Waals surface area contributed by atoms with Gasteiger partial charge in [-0.1, -0.05) is 37.7 Å². The van der Waals surface area contributed by atoms with Crippen LogP contribution in [0.15, 0.2) is 29.4 Å². The monoisotopic (exact) mass is 335 g/mol. The molecule has 6 N–H and O–H groups in total. The smallest absolute Gasteiger partial charge is 0.258 e. The predicted octanol–water partition coefficient (Wildman–Crippen LogP) is 1.52. The molecule has 1 aromatic heterocycles. The summed E-state index contributed by atoms with van der Waals surface area (Å²) in [6.07, 6.45) is 1.09. The normalized spacial score (nSPS) is 12.0. The minimum atomic E-state index is -0.142. The van der Waals surface area contributed by atoms with Crippen molar-refractivity contribution in [3.05, 3.63) is 29.8 Å². The summed E-state index contributed by atoms with van der Waals surface area (Å²) in [7, 11) is 0. The van der Waals surface area contributed by atoms with Crippen molar-refractivity contribution in [2.24, 2.45) is 5.84 Å². The molecule has 1 unspecified atom stereocenters. The number of hydrazine groups is 1. The number of nitrogens with one attached hydrogen (secondary N) is 2. The number of amides is 1. The topological polar surface area (TPSA) is 124 Å². The van der Waals surface area contributed by atoms with E-state index in [1.165, 1.54) is 22.0 Å². The van der Waals surface area contributed by atoms with Gasteiger partial charge in [0.05, 0.1) is 5.75 Å². The molecule has 1 amide bonds. The van der Waals surface area contributed by atoms with Crippen LogP contribution in [-0.4, -0.2) is 26.5 Å². The highest BCUT2D eigenvalue weighted by molar-refractivity contribution is 7.99. The number of nitrogen functional groups attached to an aromatic ring is 2. The number of hydrogen-bond donors (Lipinski definition) is 4. The van der Waals surface area contributed by atoms with E-state index in [0.717, 1.165) is 12.1 Å². The van der Waals surface area contributed by atoms with Crippen LogP contribution in [0, 0.1) is 0 Å². The van der Waals surface area contributed by atoms with Crippen LogP contribution < -0.4 is 22.4 Å². The number of thioether (sulfide) groups is 1. The highest BCUT2D eigenvalue weighted by Gasteiger charge is 2.11. The molecular weight excluding hydrogens is 314 g/mol. The van der Waals surface area contributed by atoms with Crippen molar-refractivity contribution in [3.63, 3.8) is 0 Å². The highest BCUT2D eigenvalue weighted by Crippen LogP contribution is 2.21. The predicted molar refractivity (Wildman–Crippen MR) is 92.5 cm³/mol. The fourth-order valence-electron chi connectivity index (χ4n) is 1.93. The number of carbonyl (C=O) groups excluding carboxylic acids is 1. The second-order valence-corrected chi connectivity index (χ2v) is 6.03. The Labute approximate surface area is 139 Å². The zero-order chi connectivity index (χ0) is 16.8. The average molecular weight is 335 g/mol. The first-order chi connectivity index (χ1) is 11.0. The lowest BCUT2D eigenvalue weighted by Crippen LogP contribution is -2.19. The van der Waals surface area contributed by atoms with Gasteiger partial charge in [-0.05, 0) is 30.0 Å². The zero-order valence-corrected chi connectivity index (χ0v) is 13.9. The number of benzene rings is 1. The first kappa shape index (κ1) is 17.1. The SMILES string of the molecule is CCC(C)c1ccc(NC(=O)CSc2nnc(NN)n2N)cc1. The summed E-state index contributed by atoms with van der Waals surface area (Å²) in [5.41, 5.74) is 4.34. The van der Waals surface area contributed by atoms with Crippen molar-refractivity contribution in [1.29, 1.82) is 0 Å². The molecule has 2 rings (SSSR count). The Hall–Kier alpha value is -2.26. The summed E-state index contributed by atoms with van der Waals surface area (Å²) in [4.78, 5) is 12.0. The molecule has 0 spiro atoms. The van der Waals surface area contributed by atoms with Crippen molar-refractivity contribution in [1.82, 2.24) is 14.9 Å². The largest absolute Gasteiger partial charge is 0.334 e. The number of carbonyl (C=O) groups is 1. The number of anilines is 2. The summed E-state index contributed by atoms with van der Waals surface area (Å²) in [6.45, 7) is 4.33. The first-order valence-electron chi connectivity index (χ1n) is 7.24. The Morgan fingerprint density at radius 1 is 1.35 bits per heavy atom. The molecule has 0 aliphatic rings. The standard InChI is InChI=1S/C14H21N7OS/c1-3-9(2)10-4-6-11(7-5-10)17-12(22)8-23-14-20-19-13(18-15)21(14)16/h4-7,9H,3,8,15-16H2,1-2H3,(H,17,22)(H,18,19). The Morgan fingerprint density at radius 3 is 2.61 bits per heavy atom. The third-order valence-electron chi connectivity index (χ3n) is 3.50. The highest BCUT2D eigenvalue weighted by atomic mass is 32.2. The fourth-order valence-corrected chi connectivity index (χ4v) is 2.59. The van der Waals surface area contributed by atoms with Crippen molar-refractivity contribution in [2.75, 3.05) is 22.3 Å². The Bertz CT molecular complexity index is 656. The molecule has 124 valence electrons. The molecule has 0 radical (unpaired) electrons. The number of rotatable bonds is 7. The molecule has 0 aliphatic carbocycles. The maximum absolute atomic E-state index is 12.0. The molecule has 2 aromatic rings. The van der Waals surface area contributed by atoms with Gasteiger partial charge in [0.1, 0.15) is 0 Å². The molecule has 0 bridgehead atoms. The lowest BCUT2D eigenvalue weighted by molar-refractivity contribution is -0.113. The molecule has 8 nitrogen and oxygen atoms in total. The van der Waals surface area contributed by atoms with Crippen LogP contribution in [0.4, 0.5) is 11.6 Å². The van der Waals surface area contributed by atoms with Crippen LogP contribution in [-0.2, 0) is 4.79 Å². The molecule has 1 aromatic carbocycles. The van der Waals surface area contributed by atoms with Crippen LogP contribution in [0.25, 0.3) is 0 Å². The molecule has 0 aliphatic heterocycles. The summed E-state index contributed by atoms with van der Waals surface area (Å²) >= 11 is 1.18. The van der Waals surface area contributed by atoms with Gasteiger partial charge in [0.15, 0.2) is 0 Å². The van der Waals surface area contributed by atoms with Crippen molar-refractivity contribution in [3.8, 4) is 0 Å². The second-order valence-electron chi connectivity index (χ2n) is 5.09. The van der Waals surface area contributed by atoms with Crippen LogP contribution in [0.3, 0.4) is 0 Å². The van der Waals surface area contributed by atoms with E-state index in [1.807, 2.05) is 24.3 Å². The Morgan fingerprint density at radius 2 is 2.04 bits per heavy atom. The van der Waals surface area contributed by atoms with E-state index >= 15 is 0 Å². The lowest BCUT2D eigenvalue weighted by Gasteiger charge is -2.10. The van der Waals surface area contributed by atoms with Gasteiger partial charge < -0.3 is 11.2 Å². The first-order valence-corrected chi connectivity index (χ1v) is 8.23. The molecule has 0 fully saturated rings. The van der Waals surface area contributed by atoms with Gasteiger partial charge >= 0.3 is 0 Å². The van der Waals surface area contributed by atoms with Gasteiger partial charge in [0, 0.05) is 5.69 Å². The summed E-state index contributed by atoms with van der Waals surface area (Å²) in [5.74, 6) is 11.7. The van der Waals surface area contributed by atoms with E-state index in [0.29, 0.717) is 11.1 Å². The summed E-state index contributed by atoms with van der Waals surface area (Å²) in [5, 5.41) is 10.8. The minimum absolute atomic E-state index is 0.142. The van der Waals surface area contributed by atoms with Gasteiger partial charge in [-0.25, -0.2) is 10.5 Å². The fraction of sp³-hybridized carbons (Fsp3) is 0.357. The summed E-state index contributed by atoms with van der Waals surface area (Å²) in [6, 6.07) is 7.89. The van der Waals surface area contributed by atoms with E-state index in [4.69, 9.17) is 11.7 Å². The molecule has 1 atom stereocenters. The third kappa shape index (κ3) is 4.36. The van der Waals surface area contributed by atoms with E-state index in [1.54, 1.807) is 0 Å². The Kier molecular flexibility index (Phi) is 5.83. The molecule has 0 saturated carbocycles. The molecule has 0 saturated heterocycles. The number of aromatic nitrogens is 3. The van der Waals surface area contributed by atoms with Crippen molar-refractivity contribution >= 4 is 29.3 Å². The van der Waals surface area contributed by atoms with E-state index < -0.39 is 0 Å². The Balaban J connectivity index is 1.88. The van der Waals surface area contributed by atoms with E-state index in [2.05, 4.69) is 34.8 Å². The zero-order valence-electron chi connectivity index (χ0n) is 13.1. The number of nitrogens with two attached hydrogens (primary N) is 2. The molecule has 23 heavy (non-hydrogen) atoms. The van der Waals surface area contributed by atoms with Gasteiger partial charge in [-0.2, -0.15) is 0 Å².